The quantitative estimate of drug-likeness (QED) is 0.187. The van der Waals surface area contributed by atoms with E-state index in [0.717, 1.165) is 63.6 Å². The number of nitrogens with two attached hydrogens (primary N) is 1. The Hall–Kier alpha value is -2.98. The van der Waals surface area contributed by atoms with Crippen LogP contribution in [0.2, 0.25) is 0 Å². The maximum Gasteiger partial charge on any atom is 0.185 e. The Morgan fingerprint density at radius 1 is 1.35 bits per heavy atom. The molecule has 0 amide bonds. The van der Waals surface area contributed by atoms with Gasteiger partial charge in [0.05, 0.1) is 13.2 Å². The molecule has 1 fully saturated rings. The summed E-state index contributed by atoms with van der Waals surface area (Å²) < 4.78 is 5.37. The number of ether oxygens (including phenoxy) is 1. The molecule has 1 aromatic rings. The smallest absolute Gasteiger partial charge is 0.185 e. The molecule has 0 spiro atoms. The summed E-state index contributed by atoms with van der Waals surface area (Å²) in [5.41, 5.74) is 3.79. The zero-order valence-electron chi connectivity index (χ0n) is 18.1. The molecule has 1 aromatic carbocycles. The van der Waals surface area contributed by atoms with E-state index in [1.807, 2.05) is 12.1 Å². The lowest BCUT2D eigenvalue weighted by Gasteiger charge is -2.40. The van der Waals surface area contributed by atoms with E-state index < -0.39 is 0 Å². The average molecular weight is 422 g/mol. The van der Waals surface area contributed by atoms with E-state index in [-0.39, 0.29) is 17.8 Å². The van der Waals surface area contributed by atoms with E-state index in [4.69, 9.17) is 10.6 Å². The lowest BCUT2D eigenvalue weighted by molar-refractivity contribution is 0.235. The second-order valence-corrected chi connectivity index (χ2v) is 8.52. The second kappa shape index (κ2) is 9.44. The largest absolute Gasteiger partial charge is 0.504 e. The highest BCUT2D eigenvalue weighted by molar-refractivity contribution is 5.90. The van der Waals surface area contributed by atoms with Crippen molar-refractivity contribution in [1.82, 2.24) is 9.80 Å². The normalized spacial score (nSPS) is 21.0. The molecule has 1 heterocycles. The fraction of sp³-hybridized carbons (Fsp3) is 0.500. The van der Waals surface area contributed by atoms with Gasteiger partial charge in [-0.2, -0.15) is 10.4 Å². The number of aromatic hydroxyl groups is 1. The van der Waals surface area contributed by atoms with Gasteiger partial charge in [0.1, 0.15) is 0 Å². The average Bonchev–Trinajstić information content (AvgIpc) is 3.34. The summed E-state index contributed by atoms with van der Waals surface area (Å²) in [6.07, 6.45) is 14.1. The first-order valence-corrected chi connectivity index (χ1v) is 11.1. The molecule has 2 aliphatic carbocycles. The molecule has 0 bridgehead atoms. The highest BCUT2D eigenvalue weighted by Crippen LogP contribution is 2.37. The maximum atomic E-state index is 10.1. The van der Waals surface area contributed by atoms with Crippen molar-refractivity contribution in [3.05, 3.63) is 47.1 Å². The molecule has 1 unspecified atom stereocenters. The number of amidine groups is 1. The van der Waals surface area contributed by atoms with Crippen LogP contribution in [-0.4, -0.2) is 47.0 Å². The summed E-state index contributed by atoms with van der Waals surface area (Å²) in [4.78, 5) is 4.08. The van der Waals surface area contributed by atoms with Gasteiger partial charge in [0.15, 0.2) is 23.5 Å². The number of phenols is 1. The zero-order chi connectivity index (χ0) is 21.8. The van der Waals surface area contributed by atoms with Gasteiger partial charge in [-0.25, -0.2) is 0 Å². The van der Waals surface area contributed by atoms with Gasteiger partial charge in [-0.1, -0.05) is 36.6 Å². The summed E-state index contributed by atoms with van der Waals surface area (Å²) in [6, 6.07) is 5.19. The van der Waals surface area contributed by atoms with Gasteiger partial charge in [-0.15, -0.1) is 0 Å². The van der Waals surface area contributed by atoms with Crippen molar-refractivity contribution in [2.45, 2.75) is 57.0 Å². The Balaban J connectivity index is 1.74. The van der Waals surface area contributed by atoms with Crippen LogP contribution in [0.3, 0.4) is 0 Å². The van der Waals surface area contributed by atoms with Crippen molar-refractivity contribution in [2.24, 2.45) is 10.9 Å². The minimum absolute atomic E-state index is 0.0882. The number of methoxy groups -OCH3 is 1. The van der Waals surface area contributed by atoms with Gasteiger partial charge >= 0.3 is 0 Å². The topological polar surface area (TPSA) is 98.1 Å². The lowest BCUT2D eigenvalue weighted by Crippen LogP contribution is -2.47. The zero-order valence-corrected chi connectivity index (χ0v) is 18.1. The molecule has 164 valence electrons. The number of allylic oxidation sites excluding steroid dienone is 2. The third kappa shape index (κ3) is 4.26. The fourth-order valence-electron chi connectivity index (χ4n) is 5.15. The van der Waals surface area contributed by atoms with Crippen molar-refractivity contribution in [3.8, 4) is 17.7 Å². The van der Waals surface area contributed by atoms with E-state index >= 15 is 0 Å². The van der Waals surface area contributed by atoms with Crippen LogP contribution < -0.4 is 10.6 Å². The molecule has 4 rings (SSSR count). The first-order chi connectivity index (χ1) is 15.2. The van der Waals surface area contributed by atoms with Crippen LogP contribution in [0.1, 0.15) is 56.6 Å². The summed E-state index contributed by atoms with van der Waals surface area (Å²) in [7, 11) is 1.54. The lowest BCUT2D eigenvalue weighted by atomic mass is 9.90. The van der Waals surface area contributed by atoms with Gasteiger partial charge in [0, 0.05) is 19.1 Å². The van der Waals surface area contributed by atoms with Crippen LogP contribution in [0.25, 0.3) is 0 Å². The van der Waals surface area contributed by atoms with E-state index in [1.54, 1.807) is 11.0 Å². The number of rotatable bonds is 5. The first kappa shape index (κ1) is 21.3. The molecule has 0 saturated heterocycles. The second-order valence-electron chi connectivity index (χ2n) is 8.52. The van der Waals surface area contributed by atoms with Gasteiger partial charge in [0.2, 0.25) is 0 Å². The van der Waals surface area contributed by atoms with E-state index in [2.05, 4.69) is 28.3 Å². The van der Waals surface area contributed by atoms with Crippen LogP contribution in [0.4, 0.5) is 0 Å². The van der Waals surface area contributed by atoms with Crippen LogP contribution in [-0.2, 0) is 0 Å². The molecule has 31 heavy (non-hydrogen) atoms. The van der Waals surface area contributed by atoms with Gasteiger partial charge < -0.3 is 15.7 Å². The molecule has 7 heteroatoms. The van der Waals surface area contributed by atoms with Crippen molar-refractivity contribution >= 4 is 5.84 Å². The molecule has 7 nitrogen and oxygen atoms in total. The fourth-order valence-corrected chi connectivity index (χ4v) is 5.15. The first-order valence-electron chi connectivity index (χ1n) is 11.1. The molecular weight excluding hydrogens is 390 g/mol. The van der Waals surface area contributed by atoms with E-state index in [9.17, 15) is 10.4 Å². The van der Waals surface area contributed by atoms with Gasteiger partial charge in [0.25, 0.3) is 0 Å². The Bertz CT molecular complexity index is 940. The third-order valence-corrected chi connectivity index (χ3v) is 6.75. The van der Waals surface area contributed by atoms with Crippen LogP contribution in [0.5, 0.6) is 11.5 Å². The summed E-state index contributed by atoms with van der Waals surface area (Å²) in [5, 5.41) is 24.4. The Labute approximate surface area is 184 Å². The number of nitriles is 1. The minimum Gasteiger partial charge on any atom is -0.504 e. The summed E-state index contributed by atoms with van der Waals surface area (Å²) in [6.45, 7) is 1.66. The molecule has 0 aromatic heterocycles. The van der Waals surface area contributed by atoms with Crippen LogP contribution >= 0.6 is 0 Å². The van der Waals surface area contributed by atoms with E-state index in [0.29, 0.717) is 11.6 Å². The maximum absolute atomic E-state index is 10.1. The molecule has 3 N–H and O–H groups in total. The predicted molar refractivity (Wildman–Crippen MR) is 120 cm³/mol. The molecule has 1 aliphatic heterocycles. The van der Waals surface area contributed by atoms with Crippen LogP contribution in [0, 0.1) is 11.5 Å². The third-order valence-electron chi connectivity index (χ3n) is 6.75. The van der Waals surface area contributed by atoms with Crippen molar-refractivity contribution in [1.29, 1.82) is 5.26 Å². The summed E-state index contributed by atoms with van der Waals surface area (Å²) >= 11 is 0. The number of nitrogens with zero attached hydrogens (tertiary/aromatic N) is 4. The van der Waals surface area contributed by atoms with E-state index in [1.165, 1.54) is 18.3 Å². The Kier molecular flexibility index (Phi) is 6.47. The minimum atomic E-state index is -0.292. The van der Waals surface area contributed by atoms with Crippen LogP contribution in [0.15, 0.2) is 46.6 Å². The Morgan fingerprint density at radius 2 is 2.16 bits per heavy atom. The number of hydrogen-bond acceptors (Lipinski definition) is 6. The number of phenolic OH excluding ortho intramolecular Hbond substituents is 1. The highest BCUT2D eigenvalue weighted by atomic mass is 16.5. The number of hydrazone groups is 1. The predicted octanol–water partition coefficient (Wildman–Crippen LogP) is 3.79. The summed E-state index contributed by atoms with van der Waals surface area (Å²) in [5.74, 6) is 7.02. The molecular formula is C24H31N5O2. The highest BCUT2D eigenvalue weighted by Gasteiger charge is 2.36. The van der Waals surface area contributed by atoms with Crippen molar-refractivity contribution in [3.63, 3.8) is 0 Å². The molecule has 3 aliphatic rings. The monoisotopic (exact) mass is 421 g/mol. The SMILES string of the molecule is COc1cc(C(C(=NN)N(C#N)C2CCCC2)N2CCC3=C(CCC=C3)C2)ccc1O. The molecule has 1 atom stereocenters. The Morgan fingerprint density at radius 3 is 2.87 bits per heavy atom. The number of benzene rings is 1. The standard InChI is InChI=1S/C24H31N5O2/c1-31-22-14-18(10-11-21(22)30)23(24(27-26)29(16-25)20-8-4-5-9-20)28-13-12-17-6-2-3-7-19(17)15-28/h2,6,10-11,14,20,23,30H,3-5,7-9,12-13,15,26H2,1H3. The van der Waals surface area contributed by atoms with Gasteiger partial charge in [-0.3, -0.25) is 9.80 Å². The van der Waals surface area contributed by atoms with Gasteiger partial charge in [-0.05, 0) is 55.4 Å². The molecule has 0 radical (unpaired) electrons. The van der Waals surface area contributed by atoms with Crippen molar-refractivity contribution in [2.75, 3.05) is 20.2 Å². The number of hydrogen-bond donors (Lipinski definition) is 2. The van der Waals surface area contributed by atoms with Crippen molar-refractivity contribution < 1.29 is 9.84 Å². The molecule has 1 saturated carbocycles.